The molecule has 0 aromatic heterocycles. The lowest BCUT2D eigenvalue weighted by Crippen LogP contribution is -2.39. The van der Waals surface area contributed by atoms with Crippen molar-refractivity contribution in [2.24, 2.45) is 5.92 Å². The van der Waals surface area contributed by atoms with E-state index in [1.54, 1.807) is 18.2 Å². The Balaban J connectivity index is 2.94. The average Bonchev–Trinajstić information content (AvgIpc) is 2.37. The first-order valence-electron chi connectivity index (χ1n) is 6.25. The minimum Gasteiger partial charge on any atom is -0.496 e. The highest BCUT2D eigenvalue weighted by molar-refractivity contribution is 6.34. The summed E-state index contributed by atoms with van der Waals surface area (Å²) in [7, 11) is 1.50. The number of halogens is 1. The summed E-state index contributed by atoms with van der Waals surface area (Å²) >= 11 is 6.05. The summed E-state index contributed by atoms with van der Waals surface area (Å²) in [6.07, 6.45) is 0.510. The predicted molar refractivity (Wildman–Crippen MR) is 75.8 cm³/mol. The van der Waals surface area contributed by atoms with E-state index in [9.17, 15) is 4.79 Å². The monoisotopic (exact) mass is 285 g/mol. The number of methoxy groups -OCH3 is 1. The van der Waals surface area contributed by atoms with Gasteiger partial charge in [-0.25, -0.2) is 0 Å². The van der Waals surface area contributed by atoms with E-state index < -0.39 is 0 Å². The number of benzene rings is 1. The van der Waals surface area contributed by atoms with E-state index in [1.165, 1.54) is 7.11 Å². The van der Waals surface area contributed by atoms with Crippen LogP contribution in [0.1, 0.15) is 30.6 Å². The maximum atomic E-state index is 12.3. The van der Waals surface area contributed by atoms with E-state index in [0.717, 1.165) is 0 Å². The van der Waals surface area contributed by atoms with Crippen LogP contribution in [0.2, 0.25) is 5.02 Å². The number of nitrogens with one attached hydrogen (secondary N) is 1. The minimum atomic E-state index is -0.283. The Hall–Kier alpha value is -1.26. The maximum absolute atomic E-state index is 12.3. The van der Waals surface area contributed by atoms with E-state index in [1.807, 2.05) is 13.8 Å². The molecule has 0 aliphatic carbocycles. The van der Waals surface area contributed by atoms with Crippen molar-refractivity contribution in [3.8, 4) is 5.75 Å². The molecule has 1 atom stereocenters. The van der Waals surface area contributed by atoms with E-state index >= 15 is 0 Å². The Morgan fingerprint density at radius 3 is 2.68 bits per heavy atom. The molecule has 0 aliphatic heterocycles. The summed E-state index contributed by atoms with van der Waals surface area (Å²) in [5.41, 5.74) is 0.329. The molecule has 1 aromatic carbocycles. The van der Waals surface area contributed by atoms with Gasteiger partial charge in [0.15, 0.2) is 0 Å². The van der Waals surface area contributed by atoms with Gasteiger partial charge < -0.3 is 15.2 Å². The average molecular weight is 286 g/mol. The number of hydrogen-bond donors (Lipinski definition) is 2. The summed E-state index contributed by atoms with van der Waals surface area (Å²) in [4.78, 5) is 12.3. The molecule has 0 aliphatic rings. The summed E-state index contributed by atoms with van der Waals surface area (Å²) in [5, 5.41) is 12.3. The lowest BCUT2D eigenvalue weighted by atomic mass is 10.0. The third kappa shape index (κ3) is 4.11. The van der Waals surface area contributed by atoms with Crippen LogP contribution in [0, 0.1) is 5.92 Å². The second-order valence-electron chi connectivity index (χ2n) is 4.65. The zero-order valence-electron chi connectivity index (χ0n) is 11.4. The van der Waals surface area contributed by atoms with Gasteiger partial charge >= 0.3 is 0 Å². The van der Waals surface area contributed by atoms with Crippen LogP contribution in [0.4, 0.5) is 0 Å². The van der Waals surface area contributed by atoms with Crippen molar-refractivity contribution in [2.75, 3.05) is 13.7 Å². The normalized spacial score (nSPS) is 12.3. The van der Waals surface area contributed by atoms with Crippen LogP contribution in [-0.4, -0.2) is 30.8 Å². The van der Waals surface area contributed by atoms with Crippen molar-refractivity contribution < 1.29 is 14.6 Å². The Labute approximate surface area is 118 Å². The fraction of sp³-hybridized carbons (Fsp3) is 0.500. The minimum absolute atomic E-state index is 0.0305. The molecule has 0 spiro atoms. The van der Waals surface area contributed by atoms with Gasteiger partial charge in [0.25, 0.3) is 5.91 Å². The molecular formula is C14H20ClNO3. The molecule has 0 radical (unpaired) electrons. The molecule has 4 nitrogen and oxygen atoms in total. The van der Waals surface area contributed by atoms with Crippen molar-refractivity contribution in [1.82, 2.24) is 5.32 Å². The second kappa shape index (κ2) is 7.36. The smallest absolute Gasteiger partial charge is 0.256 e. The van der Waals surface area contributed by atoms with Crippen molar-refractivity contribution in [3.63, 3.8) is 0 Å². The number of amides is 1. The van der Waals surface area contributed by atoms with Gasteiger partial charge in [0, 0.05) is 12.6 Å². The van der Waals surface area contributed by atoms with Gasteiger partial charge in [-0.05, 0) is 24.5 Å². The molecule has 1 unspecified atom stereocenters. The topological polar surface area (TPSA) is 58.6 Å². The van der Waals surface area contributed by atoms with Gasteiger partial charge in [0.1, 0.15) is 5.75 Å². The fourth-order valence-electron chi connectivity index (χ4n) is 1.85. The number of rotatable bonds is 6. The Morgan fingerprint density at radius 1 is 1.47 bits per heavy atom. The summed E-state index contributed by atoms with van der Waals surface area (Å²) < 4.78 is 5.15. The van der Waals surface area contributed by atoms with Crippen LogP contribution < -0.4 is 10.1 Å². The van der Waals surface area contributed by atoms with Crippen LogP contribution in [0.15, 0.2) is 18.2 Å². The molecule has 0 saturated heterocycles. The van der Waals surface area contributed by atoms with Crippen molar-refractivity contribution in [3.05, 3.63) is 28.8 Å². The third-order valence-corrected chi connectivity index (χ3v) is 3.30. The lowest BCUT2D eigenvalue weighted by molar-refractivity contribution is 0.0913. The molecule has 0 saturated carbocycles. The molecule has 1 amide bonds. The van der Waals surface area contributed by atoms with Crippen molar-refractivity contribution in [1.29, 1.82) is 0 Å². The Kier molecular flexibility index (Phi) is 6.12. The highest BCUT2D eigenvalue weighted by Crippen LogP contribution is 2.26. The highest BCUT2D eigenvalue weighted by atomic mass is 35.5. The number of carbonyl (C=O) groups excluding carboxylic acids is 1. The first-order chi connectivity index (χ1) is 9.01. The summed E-state index contributed by atoms with van der Waals surface area (Å²) in [6.45, 7) is 4.01. The van der Waals surface area contributed by atoms with Gasteiger partial charge in [-0.1, -0.05) is 31.5 Å². The largest absolute Gasteiger partial charge is 0.496 e. The SMILES string of the molecule is COc1cccc(Cl)c1C(=O)NC(CCO)C(C)C. The predicted octanol–water partition coefficient (Wildman–Crippen LogP) is 2.49. The van der Waals surface area contributed by atoms with Crippen molar-refractivity contribution >= 4 is 17.5 Å². The standard InChI is InChI=1S/C14H20ClNO3/c1-9(2)11(7-8-17)16-14(18)13-10(15)5-4-6-12(13)19-3/h4-6,9,11,17H,7-8H2,1-3H3,(H,16,18). The Bertz CT molecular complexity index is 435. The second-order valence-corrected chi connectivity index (χ2v) is 5.06. The molecule has 19 heavy (non-hydrogen) atoms. The molecule has 106 valence electrons. The van der Waals surface area contributed by atoms with Gasteiger partial charge in [0.05, 0.1) is 17.7 Å². The lowest BCUT2D eigenvalue weighted by Gasteiger charge is -2.22. The van der Waals surface area contributed by atoms with Gasteiger partial charge in [-0.15, -0.1) is 0 Å². The van der Waals surface area contributed by atoms with E-state index in [2.05, 4.69) is 5.32 Å². The Morgan fingerprint density at radius 2 is 2.16 bits per heavy atom. The zero-order chi connectivity index (χ0) is 14.4. The number of aliphatic hydroxyl groups is 1. The number of aliphatic hydroxyl groups excluding tert-OH is 1. The van der Waals surface area contributed by atoms with Crippen LogP contribution in [0.3, 0.4) is 0 Å². The quantitative estimate of drug-likeness (QED) is 0.844. The summed E-state index contributed by atoms with van der Waals surface area (Å²) in [5.74, 6) is 0.385. The third-order valence-electron chi connectivity index (χ3n) is 2.98. The highest BCUT2D eigenvalue weighted by Gasteiger charge is 2.21. The molecule has 1 rings (SSSR count). The van der Waals surface area contributed by atoms with E-state index in [-0.39, 0.29) is 24.5 Å². The number of ether oxygens (including phenoxy) is 1. The molecule has 2 N–H and O–H groups in total. The van der Waals surface area contributed by atoms with Crippen LogP contribution in [-0.2, 0) is 0 Å². The maximum Gasteiger partial charge on any atom is 0.256 e. The summed E-state index contributed by atoms with van der Waals surface area (Å²) in [6, 6.07) is 4.97. The molecular weight excluding hydrogens is 266 g/mol. The molecule has 0 fully saturated rings. The number of carbonyl (C=O) groups is 1. The molecule has 5 heteroatoms. The first-order valence-corrected chi connectivity index (χ1v) is 6.63. The van der Waals surface area contributed by atoms with Gasteiger partial charge in [-0.2, -0.15) is 0 Å². The molecule has 1 aromatic rings. The molecule has 0 heterocycles. The van der Waals surface area contributed by atoms with Gasteiger partial charge in [0.2, 0.25) is 0 Å². The van der Waals surface area contributed by atoms with Crippen LogP contribution >= 0.6 is 11.6 Å². The number of hydrogen-bond acceptors (Lipinski definition) is 3. The van der Waals surface area contributed by atoms with Crippen molar-refractivity contribution in [2.45, 2.75) is 26.3 Å². The van der Waals surface area contributed by atoms with E-state index in [0.29, 0.717) is 22.8 Å². The first kappa shape index (κ1) is 15.8. The van der Waals surface area contributed by atoms with Gasteiger partial charge in [-0.3, -0.25) is 4.79 Å². The fourth-order valence-corrected chi connectivity index (χ4v) is 2.10. The zero-order valence-corrected chi connectivity index (χ0v) is 12.2. The molecule has 0 bridgehead atoms. The van der Waals surface area contributed by atoms with E-state index in [4.69, 9.17) is 21.4 Å². The van der Waals surface area contributed by atoms with Crippen LogP contribution in [0.25, 0.3) is 0 Å². The van der Waals surface area contributed by atoms with Crippen LogP contribution in [0.5, 0.6) is 5.75 Å².